The average Bonchev–Trinajstić information content (AvgIpc) is 2.62. The highest BCUT2D eigenvalue weighted by Gasteiger charge is 2.15. The Morgan fingerprint density at radius 1 is 1.54 bits per heavy atom. The number of hydrogen-bond donors (Lipinski definition) is 1. The van der Waals surface area contributed by atoms with Crippen molar-refractivity contribution in [1.29, 1.82) is 0 Å². The minimum absolute atomic E-state index is 0.131. The predicted molar refractivity (Wildman–Crippen MR) is 44.9 cm³/mol. The number of aromatic nitrogens is 2. The van der Waals surface area contributed by atoms with Gasteiger partial charge in [0.25, 0.3) is 5.89 Å². The molecule has 0 radical (unpaired) electrons. The molecule has 13 heavy (non-hydrogen) atoms. The van der Waals surface area contributed by atoms with Crippen LogP contribution < -0.4 is 0 Å². The van der Waals surface area contributed by atoms with Gasteiger partial charge >= 0.3 is 0 Å². The van der Waals surface area contributed by atoms with Gasteiger partial charge in [-0.1, -0.05) is 12.1 Å². The maximum Gasteiger partial charge on any atom is 0.252 e. The van der Waals surface area contributed by atoms with E-state index in [1.54, 1.807) is 0 Å². The van der Waals surface area contributed by atoms with E-state index in [0.29, 0.717) is 12.4 Å². The molecule has 0 aliphatic rings. The molecule has 0 aliphatic carbocycles. The lowest BCUT2D eigenvalue weighted by molar-refractivity contribution is 0.0518. The number of rotatable bonds is 5. The summed E-state index contributed by atoms with van der Waals surface area (Å²) in [5, 5.41) is 12.4. The van der Waals surface area contributed by atoms with E-state index < -0.39 is 0 Å². The molecule has 1 atom stereocenters. The number of hydrogen-bond acceptors (Lipinski definition) is 5. The van der Waals surface area contributed by atoms with Gasteiger partial charge in [0.1, 0.15) is 12.7 Å². The van der Waals surface area contributed by atoms with Gasteiger partial charge in [-0.05, 0) is 13.3 Å². The molecule has 1 heterocycles. The molecule has 1 aromatic rings. The normalized spacial score (nSPS) is 13.2. The van der Waals surface area contributed by atoms with E-state index in [2.05, 4.69) is 10.1 Å². The Bertz CT molecular complexity index is 249. The van der Waals surface area contributed by atoms with Crippen LogP contribution in [-0.4, -0.2) is 21.9 Å². The van der Waals surface area contributed by atoms with Crippen LogP contribution in [-0.2, 0) is 11.3 Å². The molecule has 0 fully saturated rings. The Morgan fingerprint density at radius 3 is 2.77 bits per heavy atom. The Morgan fingerprint density at radius 2 is 2.31 bits per heavy atom. The fourth-order valence-electron chi connectivity index (χ4n) is 1.04. The number of aliphatic hydroxyl groups excluding tert-OH is 1. The zero-order chi connectivity index (χ0) is 9.68. The minimum Gasteiger partial charge on any atom is -0.387 e. The first-order chi connectivity index (χ1) is 6.31. The first-order valence-corrected chi connectivity index (χ1v) is 4.36. The van der Waals surface area contributed by atoms with Crippen molar-refractivity contribution in [3.8, 4) is 0 Å². The van der Waals surface area contributed by atoms with Gasteiger partial charge in [0.15, 0.2) is 0 Å². The molecular weight excluding hydrogens is 172 g/mol. The van der Waals surface area contributed by atoms with Crippen LogP contribution in [0.3, 0.4) is 0 Å². The second kappa shape index (κ2) is 4.94. The van der Waals surface area contributed by atoms with Gasteiger partial charge < -0.3 is 14.4 Å². The average molecular weight is 186 g/mol. The first-order valence-electron chi connectivity index (χ1n) is 4.36. The molecule has 0 saturated heterocycles. The topological polar surface area (TPSA) is 68.4 Å². The standard InChI is InChI=1S/C8H14N2O3/c1-3-6(12-4-2)8-9-7(5-11)13-10-8/h6,11H,3-5H2,1-2H3. The molecule has 1 rings (SSSR count). The largest absolute Gasteiger partial charge is 0.387 e. The second-order valence-corrected chi connectivity index (χ2v) is 2.56. The van der Waals surface area contributed by atoms with Gasteiger partial charge in [-0.15, -0.1) is 0 Å². The summed E-state index contributed by atoms with van der Waals surface area (Å²) in [5.74, 6) is 0.738. The van der Waals surface area contributed by atoms with Gasteiger partial charge in [0.2, 0.25) is 5.82 Å². The van der Waals surface area contributed by atoms with Crippen LogP contribution in [0.15, 0.2) is 4.52 Å². The fourth-order valence-corrected chi connectivity index (χ4v) is 1.04. The molecule has 1 unspecified atom stereocenters. The summed E-state index contributed by atoms with van der Waals surface area (Å²) in [7, 11) is 0. The third-order valence-corrected chi connectivity index (χ3v) is 1.65. The van der Waals surface area contributed by atoms with Crippen LogP contribution in [0.2, 0.25) is 0 Å². The van der Waals surface area contributed by atoms with Crippen molar-refractivity contribution >= 4 is 0 Å². The highest BCUT2D eigenvalue weighted by molar-refractivity contribution is 4.89. The quantitative estimate of drug-likeness (QED) is 0.744. The molecule has 0 aromatic carbocycles. The molecule has 5 heteroatoms. The minimum atomic E-state index is -0.227. The number of nitrogens with zero attached hydrogens (tertiary/aromatic N) is 2. The van der Waals surface area contributed by atoms with Crippen molar-refractivity contribution in [2.24, 2.45) is 0 Å². The van der Waals surface area contributed by atoms with Gasteiger partial charge in [-0.2, -0.15) is 4.98 Å². The van der Waals surface area contributed by atoms with E-state index in [1.807, 2.05) is 13.8 Å². The SMILES string of the molecule is CCOC(CC)c1noc(CO)n1. The summed E-state index contributed by atoms with van der Waals surface area (Å²) in [5.41, 5.74) is 0. The van der Waals surface area contributed by atoms with Gasteiger partial charge in [0, 0.05) is 6.61 Å². The lowest BCUT2D eigenvalue weighted by Gasteiger charge is -2.09. The van der Waals surface area contributed by atoms with Gasteiger partial charge in [-0.25, -0.2) is 0 Å². The van der Waals surface area contributed by atoms with Crippen LogP contribution in [0.25, 0.3) is 0 Å². The Hall–Kier alpha value is -0.940. The van der Waals surface area contributed by atoms with E-state index in [0.717, 1.165) is 6.42 Å². The summed E-state index contributed by atoms with van der Waals surface area (Å²) in [4.78, 5) is 3.97. The first kappa shape index (κ1) is 10.1. The van der Waals surface area contributed by atoms with Crippen LogP contribution in [0.5, 0.6) is 0 Å². The predicted octanol–water partition coefficient (Wildman–Crippen LogP) is 1.05. The molecular formula is C8H14N2O3. The van der Waals surface area contributed by atoms with Crippen molar-refractivity contribution in [2.45, 2.75) is 33.0 Å². The molecule has 1 aromatic heterocycles. The van der Waals surface area contributed by atoms with E-state index in [1.165, 1.54) is 0 Å². The molecule has 5 nitrogen and oxygen atoms in total. The van der Waals surface area contributed by atoms with E-state index in [-0.39, 0.29) is 18.6 Å². The van der Waals surface area contributed by atoms with E-state index in [4.69, 9.17) is 14.4 Å². The van der Waals surface area contributed by atoms with Crippen LogP contribution >= 0.6 is 0 Å². The molecule has 74 valence electrons. The van der Waals surface area contributed by atoms with Crippen molar-refractivity contribution < 1.29 is 14.4 Å². The van der Waals surface area contributed by atoms with Crippen LogP contribution in [0, 0.1) is 0 Å². The molecule has 0 saturated carbocycles. The summed E-state index contributed by atoms with van der Waals surface area (Å²) in [6, 6.07) is 0. The van der Waals surface area contributed by atoms with Crippen LogP contribution in [0.4, 0.5) is 0 Å². The highest BCUT2D eigenvalue weighted by Crippen LogP contribution is 2.17. The van der Waals surface area contributed by atoms with E-state index >= 15 is 0 Å². The molecule has 1 N–H and O–H groups in total. The Labute approximate surface area is 76.7 Å². The van der Waals surface area contributed by atoms with Crippen LogP contribution in [0.1, 0.15) is 38.1 Å². The number of aliphatic hydroxyl groups is 1. The van der Waals surface area contributed by atoms with Crippen molar-refractivity contribution in [1.82, 2.24) is 10.1 Å². The molecule has 0 spiro atoms. The third kappa shape index (κ3) is 2.50. The van der Waals surface area contributed by atoms with E-state index in [9.17, 15) is 0 Å². The molecule has 0 bridgehead atoms. The van der Waals surface area contributed by atoms with Crippen molar-refractivity contribution in [2.75, 3.05) is 6.61 Å². The molecule has 0 amide bonds. The highest BCUT2D eigenvalue weighted by atomic mass is 16.5. The maximum atomic E-state index is 8.70. The second-order valence-electron chi connectivity index (χ2n) is 2.56. The third-order valence-electron chi connectivity index (χ3n) is 1.65. The Kier molecular flexibility index (Phi) is 3.85. The maximum absolute atomic E-state index is 8.70. The molecule has 0 aliphatic heterocycles. The lowest BCUT2D eigenvalue weighted by atomic mass is 10.2. The van der Waals surface area contributed by atoms with Crippen molar-refractivity contribution in [3.63, 3.8) is 0 Å². The lowest BCUT2D eigenvalue weighted by Crippen LogP contribution is -2.04. The van der Waals surface area contributed by atoms with Crippen molar-refractivity contribution in [3.05, 3.63) is 11.7 Å². The summed E-state index contributed by atoms with van der Waals surface area (Å²) >= 11 is 0. The zero-order valence-corrected chi connectivity index (χ0v) is 7.86. The summed E-state index contributed by atoms with van der Waals surface area (Å²) < 4.78 is 10.1. The summed E-state index contributed by atoms with van der Waals surface area (Å²) in [6.07, 6.45) is 0.659. The zero-order valence-electron chi connectivity index (χ0n) is 7.86. The smallest absolute Gasteiger partial charge is 0.252 e. The summed E-state index contributed by atoms with van der Waals surface area (Å²) in [6.45, 7) is 4.28. The van der Waals surface area contributed by atoms with Gasteiger partial charge in [-0.3, -0.25) is 0 Å². The number of ether oxygens (including phenoxy) is 1. The van der Waals surface area contributed by atoms with Gasteiger partial charge in [0.05, 0.1) is 0 Å². The monoisotopic (exact) mass is 186 g/mol. The Balaban J connectivity index is 2.67. The fraction of sp³-hybridized carbons (Fsp3) is 0.750.